The Morgan fingerprint density at radius 2 is 1.65 bits per heavy atom. The van der Waals surface area contributed by atoms with Crippen LogP contribution in [0.3, 0.4) is 0 Å². The minimum absolute atomic E-state index is 0.154. The Labute approximate surface area is 96.8 Å². The molecule has 3 nitrogen and oxygen atoms in total. The molecule has 0 amide bonds. The second kappa shape index (κ2) is 4.25. The first-order valence-corrected chi connectivity index (χ1v) is 4.91. The first-order valence-electron chi connectivity index (χ1n) is 4.91. The van der Waals surface area contributed by atoms with E-state index in [1.807, 2.05) is 0 Å². The standard InChI is InChI=1S/C13H9FO3/c14-10-6-2-1-4-8(10)9-5-3-7-11(15)12(9)13(16)17/h1-7,15H,(H,16,17). The predicted octanol–water partition coefficient (Wildman–Crippen LogP) is 2.90. The van der Waals surface area contributed by atoms with Crippen molar-refractivity contribution >= 4 is 5.97 Å². The number of aromatic carboxylic acids is 1. The molecule has 0 spiro atoms. The van der Waals surface area contributed by atoms with E-state index < -0.39 is 11.8 Å². The highest BCUT2D eigenvalue weighted by Crippen LogP contribution is 2.31. The van der Waals surface area contributed by atoms with E-state index >= 15 is 0 Å². The van der Waals surface area contributed by atoms with Gasteiger partial charge in [0.05, 0.1) is 0 Å². The number of carbonyl (C=O) groups is 1. The van der Waals surface area contributed by atoms with Crippen molar-refractivity contribution < 1.29 is 19.4 Å². The van der Waals surface area contributed by atoms with Crippen LogP contribution in [0.4, 0.5) is 4.39 Å². The third-order valence-electron chi connectivity index (χ3n) is 2.42. The van der Waals surface area contributed by atoms with Gasteiger partial charge in [-0.3, -0.25) is 0 Å². The number of hydrogen-bond donors (Lipinski definition) is 2. The van der Waals surface area contributed by atoms with Gasteiger partial charge in [-0.25, -0.2) is 9.18 Å². The molecule has 0 aliphatic heterocycles. The first kappa shape index (κ1) is 11.1. The maximum absolute atomic E-state index is 13.6. The third-order valence-corrected chi connectivity index (χ3v) is 2.42. The van der Waals surface area contributed by atoms with Crippen molar-refractivity contribution in [2.24, 2.45) is 0 Å². The number of benzene rings is 2. The molecule has 2 aromatic rings. The molecule has 17 heavy (non-hydrogen) atoms. The molecule has 2 rings (SSSR count). The number of rotatable bonds is 2. The maximum Gasteiger partial charge on any atom is 0.340 e. The third kappa shape index (κ3) is 1.97. The van der Waals surface area contributed by atoms with Gasteiger partial charge < -0.3 is 10.2 Å². The van der Waals surface area contributed by atoms with Gasteiger partial charge in [-0.15, -0.1) is 0 Å². The zero-order valence-corrected chi connectivity index (χ0v) is 8.72. The van der Waals surface area contributed by atoms with Gasteiger partial charge >= 0.3 is 5.97 Å². The molecule has 4 heteroatoms. The molecule has 0 aliphatic carbocycles. The van der Waals surface area contributed by atoms with Crippen molar-refractivity contribution in [3.63, 3.8) is 0 Å². The Hall–Kier alpha value is -2.36. The monoisotopic (exact) mass is 232 g/mol. The summed E-state index contributed by atoms with van der Waals surface area (Å²) in [7, 11) is 0. The number of halogens is 1. The molecule has 0 bridgehead atoms. The van der Waals surface area contributed by atoms with Crippen molar-refractivity contribution in [1.82, 2.24) is 0 Å². The lowest BCUT2D eigenvalue weighted by Gasteiger charge is -2.08. The largest absolute Gasteiger partial charge is 0.507 e. The van der Waals surface area contributed by atoms with Crippen LogP contribution in [-0.4, -0.2) is 16.2 Å². The zero-order valence-electron chi connectivity index (χ0n) is 8.72. The van der Waals surface area contributed by atoms with E-state index in [9.17, 15) is 14.3 Å². The summed E-state index contributed by atoms with van der Waals surface area (Å²) in [5.74, 6) is -2.19. The van der Waals surface area contributed by atoms with Crippen molar-refractivity contribution in [3.05, 3.63) is 53.8 Å². The van der Waals surface area contributed by atoms with E-state index in [0.29, 0.717) is 0 Å². The summed E-state index contributed by atoms with van der Waals surface area (Å²) >= 11 is 0. The SMILES string of the molecule is O=C(O)c1c(O)cccc1-c1ccccc1F. The molecule has 86 valence electrons. The van der Waals surface area contributed by atoms with E-state index in [2.05, 4.69) is 0 Å². The molecule has 0 unspecified atom stereocenters. The van der Waals surface area contributed by atoms with Crippen LogP contribution in [0.2, 0.25) is 0 Å². The fourth-order valence-electron chi connectivity index (χ4n) is 1.67. The Morgan fingerprint density at radius 3 is 2.29 bits per heavy atom. The first-order chi connectivity index (χ1) is 8.11. The normalized spacial score (nSPS) is 10.2. The molecule has 0 aromatic heterocycles. The van der Waals surface area contributed by atoms with Gasteiger partial charge in [-0.05, 0) is 12.1 Å². The number of phenols is 1. The average Bonchev–Trinajstić information content (AvgIpc) is 2.28. The lowest BCUT2D eigenvalue weighted by molar-refractivity contribution is 0.0694. The summed E-state index contributed by atoms with van der Waals surface area (Å²) in [6.07, 6.45) is 0. The van der Waals surface area contributed by atoms with Crippen molar-refractivity contribution in [2.45, 2.75) is 0 Å². The molecule has 0 saturated heterocycles. The molecule has 0 heterocycles. The molecule has 2 N–H and O–H groups in total. The van der Waals surface area contributed by atoms with Crippen LogP contribution in [0.5, 0.6) is 5.75 Å². The van der Waals surface area contributed by atoms with Gasteiger partial charge in [0.15, 0.2) is 0 Å². The Morgan fingerprint density at radius 1 is 1.00 bits per heavy atom. The fraction of sp³-hybridized carbons (Fsp3) is 0. The maximum atomic E-state index is 13.6. The molecule has 0 radical (unpaired) electrons. The van der Waals surface area contributed by atoms with Gasteiger partial charge in [0.25, 0.3) is 0 Å². The zero-order chi connectivity index (χ0) is 12.4. The minimum Gasteiger partial charge on any atom is -0.507 e. The van der Waals surface area contributed by atoms with E-state index in [4.69, 9.17) is 5.11 Å². The summed E-state index contributed by atoms with van der Waals surface area (Å²) in [5.41, 5.74) is 0.0222. The van der Waals surface area contributed by atoms with Crippen molar-refractivity contribution in [1.29, 1.82) is 0 Å². The highest BCUT2D eigenvalue weighted by molar-refractivity contribution is 5.98. The van der Waals surface area contributed by atoms with Gasteiger partial charge in [0, 0.05) is 11.1 Å². The second-order valence-corrected chi connectivity index (χ2v) is 3.48. The van der Waals surface area contributed by atoms with Crippen LogP contribution in [0, 0.1) is 5.82 Å². The molecule has 0 aliphatic rings. The number of carboxylic acid groups (broad SMARTS) is 1. The van der Waals surface area contributed by atoms with Gasteiger partial charge in [0.2, 0.25) is 0 Å². The smallest absolute Gasteiger partial charge is 0.340 e. The van der Waals surface area contributed by atoms with E-state index in [0.717, 1.165) is 0 Å². The lowest BCUT2D eigenvalue weighted by atomic mass is 9.98. The molecular weight excluding hydrogens is 223 g/mol. The molecule has 0 fully saturated rings. The summed E-state index contributed by atoms with van der Waals surface area (Å²) in [6, 6.07) is 10.0. The molecule has 2 aromatic carbocycles. The Bertz CT molecular complexity index is 579. The van der Waals surface area contributed by atoms with Crippen LogP contribution in [0.25, 0.3) is 11.1 Å². The highest BCUT2D eigenvalue weighted by Gasteiger charge is 2.17. The van der Waals surface area contributed by atoms with Crippen LogP contribution in [-0.2, 0) is 0 Å². The van der Waals surface area contributed by atoms with Gasteiger partial charge in [-0.2, -0.15) is 0 Å². The van der Waals surface area contributed by atoms with Crippen LogP contribution in [0.1, 0.15) is 10.4 Å². The molecule has 0 saturated carbocycles. The summed E-state index contributed by atoms with van der Waals surface area (Å²) in [5, 5.41) is 18.5. The lowest BCUT2D eigenvalue weighted by Crippen LogP contribution is -2.00. The average molecular weight is 232 g/mol. The number of hydrogen-bond acceptors (Lipinski definition) is 2. The van der Waals surface area contributed by atoms with Gasteiger partial charge in [-0.1, -0.05) is 30.3 Å². The van der Waals surface area contributed by atoms with E-state index in [1.165, 1.54) is 36.4 Å². The Balaban J connectivity index is 2.72. The topological polar surface area (TPSA) is 57.5 Å². The highest BCUT2D eigenvalue weighted by atomic mass is 19.1. The van der Waals surface area contributed by atoms with Crippen LogP contribution >= 0.6 is 0 Å². The fourth-order valence-corrected chi connectivity index (χ4v) is 1.67. The van der Waals surface area contributed by atoms with E-state index in [-0.39, 0.29) is 22.4 Å². The predicted molar refractivity (Wildman–Crippen MR) is 60.5 cm³/mol. The second-order valence-electron chi connectivity index (χ2n) is 3.48. The Kier molecular flexibility index (Phi) is 2.78. The quantitative estimate of drug-likeness (QED) is 0.836. The van der Waals surface area contributed by atoms with Crippen LogP contribution in [0.15, 0.2) is 42.5 Å². The minimum atomic E-state index is -1.29. The number of aromatic hydroxyl groups is 1. The number of carboxylic acids is 1. The summed E-state index contributed by atoms with van der Waals surface area (Å²) < 4.78 is 13.6. The molecule has 0 atom stereocenters. The van der Waals surface area contributed by atoms with Crippen LogP contribution < -0.4 is 0 Å². The van der Waals surface area contributed by atoms with Crippen molar-refractivity contribution in [2.75, 3.05) is 0 Å². The molecular formula is C13H9FO3. The van der Waals surface area contributed by atoms with E-state index in [1.54, 1.807) is 6.07 Å². The van der Waals surface area contributed by atoms with Crippen molar-refractivity contribution in [3.8, 4) is 16.9 Å². The summed E-state index contributed by atoms with van der Waals surface area (Å²) in [6.45, 7) is 0. The van der Waals surface area contributed by atoms with Gasteiger partial charge in [0.1, 0.15) is 17.1 Å². The summed E-state index contributed by atoms with van der Waals surface area (Å²) in [4.78, 5) is 11.0.